The molecule has 33 heavy (non-hydrogen) atoms. The largest absolute Gasteiger partial charge is 0.495 e. The van der Waals surface area contributed by atoms with Crippen molar-refractivity contribution in [3.8, 4) is 5.75 Å². The molecule has 8 nitrogen and oxygen atoms in total. The summed E-state index contributed by atoms with van der Waals surface area (Å²) in [7, 11) is -2.50. The van der Waals surface area contributed by atoms with Crippen LogP contribution in [0.1, 0.15) is 0 Å². The van der Waals surface area contributed by atoms with E-state index < -0.39 is 22.5 Å². The van der Waals surface area contributed by atoms with E-state index >= 15 is 0 Å². The lowest BCUT2D eigenvalue weighted by atomic mass is 10.2. The van der Waals surface area contributed by atoms with E-state index in [0.29, 0.717) is 30.3 Å². The third kappa shape index (κ3) is 5.29. The molecule has 1 N–H and O–H groups in total. The number of amides is 1. The fraction of sp³-hybridized carbons (Fsp3) is 0.261. The topological polar surface area (TPSA) is 88.2 Å². The van der Waals surface area contributed by atoms with Gasteiger partial charge in [0.1, 0.15) is 16.5 Å². The minimum Gasteiger partial charge on any atom is -0.495 e. The smallest absolute Gasteiger partial charge is 0.274 e. The van der Waals surface area contributed by atoms with Gasteiger partial charge in [-0.3, -0.25) is 9.10 Å². The van der Waals surface area contributed by atoms with Gasteiger partial charge in [-0.2, -0.15) is 0 Å². The van der Waals surface area contributed by atoms with E-state index in [2.05, 4.69) is 10.2 Å². The SMILES string of the molecule is COc1ccccc1N(CC(=O)Nc1ccc(N2CCOCC2)cc1)S(=O)(=O)c1cccs1. The molecule has 0 unspecified atom stereocenters. The average molecular weight is 488 g/mol. The number of anilines is 3. The van der Waals surface area contributed by atoms with Crippen LogP contribution in [0.3, 0.4) is 0 Å². The highest BCUT2D eigenvalue weighted by Crippen LogP contribution is 2.33. The van der Waals surface area contributed by atoms with E-state index in [9.17, 15) is 13.2 Å². The Bertz CT molecular complexity index is 1180. The Labute approximate surface area is 197 Å². The molecule has 0 saturated carbocycles. The third-order valence-corrected chi connectivity index (χ3v) is 8.34. The van der Waals surface area contributed by atoms with Gasteiger partial charge in [0.25, 0.3) is 10.0 Å². The van der Waals surface area contributed by atoms with Crippen LogP contribution in [0.5, 0.6) is 5.75 Å². The molecular weight excluding hydrogens is 462 g/mol. The molecule has 0 atom stereocenters. The van der Waals surface area contributed by atoms with Crippen molar-refractivity contribution in [1.29, 1.82) is 0 Å². The molecule has 174 valence electrons. The summed E-state index contributed by atoms with van der Waals surface area (Å²) in [4.78, 5) is 15.1. The van der Waals surface area contributed by atoms with Crippen LogP contribution in [-0.4, -0.2) is 54.3 Å². The van der Waals surface area contributed by atoms with E-state index in [1.165, 1.54) is 13.2 Å². The normalized spacial score (nSPS) is 14.0. The predicted molar refractivity (Wildman–Crippen MR) is 130 cm³/mol. The predicted octanol–water partition coefficient (Wildman–Crippen LogP) is 3.43. The van der Waals surface area contributed by atoms with Gasteiger partial charge in [-0.15, -0.1) is 11.3 Å². The second-order valence-electron chi connectivity index (χ2n) is 7.31. The number of thiophene rings is 1. The van der Waals surface area contributed by atoms with Crippen molar-refractivity contribution in [1.82, 2.24) is 0 Å². The molecule has 0 bridgehead atoms. The number of rotatable bonds is 8. The van der Waals surface area contributed by atoms with Crippen molar-refractivity contribution in [2.24, 2.45) is 0 Å². The van der Waals surface area contributed by atoms with Crippen molar-refractivity contribution in [3.63, 3.8) is 0 Å². The van der Waals surface area contributed by atoms with Gasteiger partial charge in [0.05, 0.1) is 26.0 Å². The second-order valence-corrected chi connectivity index (χ2v) is 10.3. The number of methoxy groups -OCH3 is 1. The monoisotopic (exact) mass is 487 g/mol. The molecule has 2 heterocycles. The molecule has 4 rings (SSSR count). The summed E-state index contributed by atoms with van der Waals surface area (Å²) in [6.07, 6.45) is 0. The van der Waals surface area contributed by atoms with E-state index in [0.717, 1.165) is 34.4 Å². The van der Waals surface area contributed by atoms with E-state index in [1.807, 2.05) is 24.3 Å². The summed E-state index contributed by atoms with van der Waals surface area (Å²) < 4.78 is 38.7. The molecular formula is C23H25N3O5S2. The highest BCUT2D eigenvalue weighted by molar-refractivity contribution is 7.94. The van der Waals surface area contributed by atoms with Crippen LogP contribution in [0, 0.1) is 0 Å². The number of morpholine rings is 1. The van der Waals surface area contributed by atoms with Gasteiger partial charge >= 0.3 is 0 Å². The molecule has 3 aromatic rings. The molecule has 1 aliphatic rings. The fourth-order valence-electron chi connectivity index (χ4n) is 3.56. The summed E-state index contributed by atoms with van der Waals surface area (Å²) in [5.74, 6) is -0.0968. The van der Waals surface area contributed by atoms with Crippen LogP contribution >= 0.6 is 11.3 Å². The lowest BCUT2D eigenvalue weighted by Crippen LogP contribution is -2.38. The first-order valence-electron chi connectivity index (χ1n) is 10.4. The second kappa shape index (κ2) is 10.2. The van der Waals surface area contributed by atoms with Gasteiger partial charge in [-0.05, 0) is 47.8 Å². The number of sulfonamides is 1. The number of hydrogen-bond donors (Lipinski definition) is 1. The van der Waals surface area contributed by atoms with E-state index in [1.54, 1.807) is 35.7 Å². The molecule has 1 aliphatic heterocycles. The van der Waals surface area contributed by atoms with Crippen molar-refractivity contribution in [2.75, 3.05) is 54.5 Å². The maximum absolute atomic E-state index is 13.4. The molecule has 1 saturated heterocycles. The summed E-state index contributed by atoms with van der Waals surface area (Å²) in [6.45, 7) is 2.62. The van der Waals surface area contributed by atoms with Crippen LogP contribution in [0.15, 0.2) is 70.3 Å². The molecule has 10 heteroatoms. The number of para-hydroxylation sites is 2. The van der Waals surface area contributed by atoms with Crippen molar-refractivity contribution in [2.45, 2.75) is 4.21 Å². The molecule has 2 aromatic carbocycles. The Hall–Kier alpha value is -3.08. The van der Waals surface area contributed by atoms with Crippen LogP contribution in [0.25, 0.3) is 0 Å². The number of benzene rings is 2. The Morgan fingerprint density at radius 1 is 1.09 bits per heavy atom. The van der Waals surface area contributed by atoms with Crippen LogP contribution in [0.2, 0.25) is 0 Å². The standard InChI is InChI=1S/C23H25N3O5S2/c1-30-21-6-3-2-5-20(21)26(33(28,29)23-7-4-16-32-23)17-22(27)24-18-8-10-19(11-9-18)25-12-14-31-15-13-25/h2-11,16H,12-15,17H2,1H3,(H,24,27). The van der Waals surface area contributed by atoms with Gasteiger partial charge in [0.15, 0.2) is 0 Å². The first-order chi connectivity index (χ1) is 16.0. The summed E-state index contributed by atoms with van der Waals surface area (Å²) >= 11 is 1.10. The zero-order valence-corrected chi connectivity index (χ0v) is 19.8. The van der Waals surface area contributed by atoms with Crippen LogP contribution in [-0.2, 0) is 19.6 Å². The summed E-state index contributed by atoms with van der Waals surface area (Å²) in [5, 5.41) is 4.49. The molecule has 1 fully saturated rings. The van der Waals surface area contributed by atoms with E-state index in [4.69, 9.17) is 9.47 Å². The first kappa shape index (κ1) is 23.1. The number of nitrogens with zero attached hydrogens (tertiary/aromatic N) is 2. The molecule has 1 amide bonds. The highest BCUT2D eigenvalue weighted by Gasteiger charge is 2.30. The molecule has 0 spiro atoms. The highest BCUT2D eigenvalue weighted by atomic mass is 32.2. The lowest BCUT2D eigenvalue weighted by molar-refractivity contribution is -0.114. The first-order valence-corrected chi connectivity index (χ1v) is 12.7. The zero-order valence-electron chi connectivity index (χ0n) is 18.1. The summed E-state index contributed by atoms with van der Waals surface area (Å²) in [6, 6.07) is 17.4. The van der Waals surface area contributed by atoms with Crippen molar-refractivity contribution in [3.05, 3.63) is 66.0 Å². The third-order valence-electron chi connectivity index (χ3n) is 5.21. The van der Waals surface area contributed by atoms with Gasteiger partial charge in [0.2, 0.25) is 5.91 Å². The number of carbonyl (C=O) groups excluding carboxylic acids is 1. The molecule has 0 aliphatic carbocycles. The minimum atomic E-state index is -3.96. The van der Waals surface area contributed by atoms with E-state index in [-0.39, 0.29) is 4.21 Å². The van der Waals surface area contributed by atoms with Gasteiger partial charge in [-0.25, -0.2) is 8.42 Å². The molecule has 1 aromatic heterocycles. The quantitative estimate of drug-likeness (QED) is 0.524. The minimum absolute atomic E-state index is 0.149. The van der Waals surface area contributed by atoms with Gasteiger partial charge < -0.3 is 19.7 Å². The number of nitrogens with one attached hydrogen (secondary N) is 1. The van der Waals surface area contributed by atoms with Crippen LogP contribution < -0.4 is 19.3 Å². The van der Waals surface area contributed by atoms with Gasteiger partial charge in [-0.1, -0.05) is 18.2 Å². The molecule has 0 radical (unpaired) electrons. The fourth-order valence-corrected chi connectivity index (χ4v) is 6.10. The summed E-state index contributed by atoms with van der Waals surface area (Å²) in [5.41, 5.74) is 1.93. The van der Waals surface area contributed by atoms with Crippen molar-refractivity contribution < 1.29 is 22.7 Å². The number of carbonyl (C=O) groups is 1. The maximum atomic E-state index is 13.4. The van der Waals surface area contributed by atoms with Crippen LogP contribution in [0.4, 0.5) is 17.1 Å². The number of hydrogen-bond acceptors (Lipinski definition) is 7. The maximum Gasteiger partial charge on any atom is 0.274 e. The zero-order chi connectivity index (χ0) is 23.3. The Morgan fingerprint density at radius 3 is 2.48 bits per heavy atom. The lowest BCUT2D eigenvalue weighted by Gasteiger charge is -2.29. The Kier molecular flexibility index (Phi) is 7.17. The number of ether oxygens (including phenoxy) is 2. The Morgan fingerprint density at radius 2 is 1.82 bits per heavy atom. The Balaban J connectivity index is 1.54. The van der Waals surface area contributed by atoms with Gasteiger partial charge in [0, 0.05) is 24.5 Å². The van der Waals surface area contributed by atoms with Crippen molar-refractivity contribution >= 4 is 44.3 Å². The average Bonchev–Trinajstić information content (AvgIpc) is 3.40.